The Kier molecular flexibility index (Phi) is 12.2. The second-order valence-electron chi connectivity index (χ2n) is 13.7. The molecular formula is C36H53FN6O4. The van der Waals surface area contributed by atoms with Gasteiger partial charge in [-0.1, -0.05) is 45.6 Å². The van der Waals surface area contributed by atoms with Crippen LogP contribution in [0.2, 0.25) is 0 Å². The predicted molar refractivity (Wildman–Crippen MR) is 182 cm³/mol. The van der Waals surface area contributed by atoms with Gasteiger partial charge in [-0.25, -0.2) is 4.39 Å². The molecule has 1 saturated heterocycles. The highest BCUT2D eigenvalue weighted by molar-refractivity contribution is 6.03. The highest BCUT2D eigenvalue weighted by atomic mass is 19.1. The average Bonchev–Trinajstić information content (AvgIpc) is 3.39. The van der Waals surface area contributed by atoms with Crippen molar-refractivity contribution in [3.63, 3.8) is 0 Å². The van der Waals surface area contributed by atoms with E-state index < -0.39 is 29.2 Å². The van der Waals surface area contributed by atoms with Crippen LogP contribution in [0.3, 0.4) is 0 Å². The molecule has 1 aromatic carbocycles. The summed E-state index contributed by atoms with van der Waals surface area (Å²) >= 11 is 0. The molecule has 1 saturated carbocycles. The molecule has 1 aliphatic carbocycles. The Balaban J connectivity index is 1.57. The van der Waals surface area contributed by atoms with Crippen LogP contribution < -0.4 is 16.0 Å². The monoisotopic (exact) mass is 652 g/mol. The van der Waals surface area contributed by atoms with E-state index >= 15 is 4.39 Å². The van der Waals surface area contributed by atoms with Gasteiger partial charge >= 0.3 is 0 Å². The Labute approximate surface area is 278 Å². The Morgan fingerprint density at radius 1 is 0.979 bits per heavy atom. The minimum absolute atomic E-state index is 0.00913. The molecule has 4 amide bonds. The molecule has 11 heteroatoms. The summed E-state index contributed by atoms with van der Waals surface area (Å²) in [4.78, 5) is 57.6. The van der Waals surface area contributed by atoms with Gasteiger partial charge in [-0.05, 0) is 76.4 Å². The summed E-state index contributed by atoms with van der Waals surface area (Å²) in [7, 11) is 2.00. The summed E-state index contributed by atoms with van der Waals surface area (Å²) in [6.45, 7) is 11.8. The van der Waals surface area contributed by atoms with E-state index in [0.717, 1.165) is 51.6 Å². The summed E-state index contributed by atoms with van der Waals surface area (Å²) in [5.74, 6) is -2.57. The summed E-state index contributed by atoms with van der Waals surface area (Å²) in [5.41, 5.74) is -0.298. The molecule has 2 heterocycles. The van der Waals surface area contributed by atoms with E-state index in [1.807, 2.05) is 37.7 Å². The molecule has 258 valence electrons. The lowest BCUT2D eigenvalue weighted by molar-refractivity contribution is -0.138. The first kappa shape index (κ1) is 36.1. The number of carbonyl (C=O) groups is 4. The smallest absolute Gasteiger partial charge is 0.268 e. The lowest BCUT2D eigenvalue weighted by atomic mass is 9.79. The number of nitrogens with zero attached hydrogens (tertiary/aromatic N) is 3. The predicted octanol–water partition coefficient (Wildman–Crippen LogP) is 5.08. The highest BCUT2D eigenvalue weighted by Crippen LogP contribution is 2.34. The number of benzene rings is 1. The third kappa shape index (κ3) is 8.60. The van der Waals surface area contributed by atoms with Gasteiger partial charge in [0.1, 0.15) is 23.1 Å². The SMILES string of the molecule is CCC(=O)N[C@@H](C(=O)N1CCN(C)CC1)[C@@H](C)c1ccc(NC(=O)[C@](C)(NC(=O)c2cccn2C(C)C)C2CCCCCC2)c(F)c1. The lowest BCUT2D eigenvalue weighted by Crippen LogP contribution is -2.59. The van der Waals surface area contributed by atoms with Crippen LogP contribution in [0.15, 0.2) is 36.5 Å². The molecule has 0 unspecified atom stereocenters. The van der Waals surface area contributed by atoms with Gasteiger partial charge in [0.15, 0.2) is 0 Å². The summed E-state index contributed by atoms with van der Waals surface area (Å²) in [6.07, 6.45) is 7.68. The van der Waals surface area contributed by atoms with Crippen LogP contribution in [0, 0.1) is 11.7 Å². The molecule has 1 aromatic heterocycles. The second-order valence-corrected chi connectivity index (χ2v) is 13.7. The fourth-order valence-corrected chi connectivity index (χ4v) is 6.80. The van der Waals surface area contributed by atoms with Crippen molar-refractivity contribution in [2.24, 2.45) is 5.92 Å². The number of nitrogens with one attached hydrogen (secondary N) is 3. The van der Waals surface area contributed by atoms with Crippen molar-refractivity contribution in [2.75, 3.05) is 38.5 Å². The molecule has 3 N–H and O–H groups in total. The minimum Gasteiger partial charge on any atom is -0.344 e. The number of hydrogen-bond acceptors (Lipinski definition) is 5. The zero-order chi connectivity index (χ0) is 34.3. The highest BCUT2D eigenvalue weighted by Gasteiger charge is 2.43. The van der Waals surface area contributed by atoms with E-state index in [9.17, 15) is 19.2 Å². The van der Waals surface area contributed by atoms with Gasteiger partial charge in [0, 0.05) is 50.8 Å². The first-order chi connectivity index (χ1) is 22.3. The molecule has 0 bridgehead atoms. The van der Waals surface area contributed by atoms with Crippen LogP contribution in [0.5, 0.6) is 0 Å². The number of anilines is 1. The van der Waals surface area contributed by atoms with E-state index in [-0.39, 0.29) is 41.8 Å². The van der Waals surface area contributed by atoms with Crippen molar-refractivity contribution in [2.45, 2.75) is 103 Å². The molecule has 2 aromatic rings. The van der Waals surface area contributed by atoms with E-state index in [2.05, 4.69) is 20.9 Å². The maximum Gasteiger partial charge on any atom is 0.268 e. The topological polar surface area (TPSA) is 116 Å². The number of carbonyl (C=O) groups excluding carboxylic acids is 4. The number of likely N-dealkylation sites (N-methyl/N-ethyl adjacent to an activating group) is 1. The van der Waals surface area contributed by atoms with Gasteiger partial charge in [0.05, 0.1) is 5.69 Å². The van der Waals surface area contributed by atoms with Gasteiger partial charge in [-0.2, -0.15) is 0 Å². The second kappa shape index (κ2) is 15.9. The van der Waals surface area contributed by atoms with Gasteiger partial charge in [-0.15, -0.1) is 0 Å². The minimum atomic E-state index is -1.28. The van der Waals surface area contributed by atoms with Crippen LogP contribution in [0.1, 0.15) is 108 Å². The molecule has 47 heavy (non-hydrogen) atoms. The Bertz CT molecular complexity index is 1410. The normalized spacial score (nSPS) is 18.9. The van der Waals surface area contributed by atoms with Crippen molar-refractivity contribution in [3.8, 4) is 0 Å². The standard InChI is InChI=1S/C36H53FN6O4/c1-7-31(44)39-32(34(46)42-21-19-41(6)20-22-42)25(4)26-16-17-29(28(37)23-26)38-35(47)36(5,27-13-10-8-9-11-14-27)40-33(45)30-15-12-18-43(30)24(2)3/h12,15-18,23-25,27,32H,7-11,13-14,19-22H2,1-6H3,(H,38,47)(H,39,44)(H,40,45)/t25-,32+,36+/m0/s1. The van der Waals surface area contributed by atoms with Crippen LogP contribution in [0.4, 0.5) is 10.1 Å². The quantitative estimate of drug-likeness (QED) is 0.293. The first-order valence-electron chi connectivity index (χ1n) is 17.2. The Morgan fingerprint density at radius 2 is 1.64 bits per heavy atom. The van der Waals surface area contributed by atoms with E-state index in [0.29, 0.717) is 24.3 Å². The third-order valence-electron chi connectivity index (χ3n) is 10.1. The largest absolute Gasteiger partial charge is 0.344 e. The summed E-state index contributed by atoms with van der Waals surface area (Å²) < 4.78 is 17.7. The number of rotatable bonds is 11. The fraction of sp³-hybridized carbons (Fsp3) is 0.611. The van der Waals surface area contributed by atoms with Crippen LogP contribution in [-0.4, -0.2) is 82.8 Å². The van der Waals surface area contributed by atoms with E-state index in [1.54, 1.807) is 37.8 Å². The van der Waals surface area contributed by atoms with Crippen LogP contribution >= 0.6 is 0 Å². The van der Waals surface area contributed by atoms with Gasteiger partial charge in [-0.3, -0.25) is 19.2 Å². The van der Waals surface area contributed by atoms with E-state index in [4.69, 9.17) is 0 Å². The molecule has 3 atom stereocenters. The fourth-order valence-electron chi connectivity index (χ4n) is 6.80. The van der Waals surface area contributed by atoms with Crippen molar-refractivity contribution >= 4 is 29.3 Å². The molecule has 2 fully saturated rings. The van der Waals surface area contributed by atoms with Gasteiger partial charge in [0.25, 0.3) is 5.91 Å². The lowest BCUT2D eigenvalue weighted by Gasteiger charge is -2.37. The van der Waals surface area contributed by atoms with Crippen molar-refractivity contribution in [1.82, 2.24) is 25.0 Å². The molecule has 1 aliphatic heterocycles. The molecule has 0 radical (unpaired) electrons. The molecule has 2 aliphatic rings. The molecule has 10 nitrogen and oxygen atoms in total. The molecule has 4 rings (SSSR count). The maximum absolute atomic E-state index is 15.8. The zero-order valence-electron chi connectivity index (χ0n) is 28.9. The average molecular weight is 653 g/mol. The number of halogens is 1. The third-order valence-corrected chi connectivity index (χ3v) is 10.1. The summed E-state index contributed by atoms with van der Waals surface area (Å²) in [5, 5.41) is 8.71. The van der Waals surface area contributed by atoms with Crippen LogP contribution in [-0.2, 0) is 14.4 Å². The van der Waals surface area contributed by atoms with E-state index in [1.165, 1.54) is 12.1 Å². The molecule has 0 spiro atoms. The zero-order valence-corrected chi connectivity index (χ0v) is 28.9. The number of aromatic nitrogens is 1. The molecular weight excluding hydrogens is 599 g/mol. The van der Waals surface area contributed by atoms with Crippen molar-refractivity contribution in [1.29, 1.82) is 0 Å². The number of amides is 4. The Hall–Kier alpha value is -3.73. The van der Waals surface area contributed by atoms with Gasteiger partial charge < -0.3 is 30.3 Å². The van der Waals surface area contributed by atoms with Crippen molar-refractivity contribution < 1.29 is 23.6 Å². The number of piperazine rings is 1. The van der Waals surface area contributed by atoms with Crippen LogP contribution in [0.25, 0.3) is 0 Å². The van der Waals surface area contributed by atoms with Crippen molar-refractivity contribution in [3.05, 3.63) is 53.6 Å². The first-order valence-corrected chi connectivity index (χ1v) is 17.2. The Morgan fingerprint density at radius 3 is 2.23 bits per heavy atom. The maximum atomic E-state index is 15.8. The number of hydrogen-bond donors (Lipinski definition) is 3. The van der Waals surface area contributed by atoms with Gasteiger partial charge in [0.2, 0.25) is 17.7 Å². The summed E-state index contributed by atoms with van der Waals surface area (Å²) in [6, 6.07) is 7.26.